The summed E-state index contributed by atoms with van der Waals surface area (Å²) in [5, 5.41) is 10.6. The van der Waals surface area contributed by atoms with E-state index < -0.39 is 36.9 Å². The van der Waals surface area contributed by atoms with E-state index in [9.17, 15) is 24.5 Å². The van der Waals surface area contributed by atoms with Crippen LogP contribution in [-0.4, -0.2) is 48.6 Å². The second-order valence-electron chi connectivity index (χ2n) is 8.94. The molecular weight excluding hydrogens is 408 g/mol. The molecular formula is C20H28N2O7Si. The van der Waals surface area contributed by atoms with E-state index in [0.717, 1.165) is 4.90 Å². The summed E-state index contributed by atoms with van der Waals surface area (Å²) in [7, 11) is -2.06. The monoisotopic (exact) mass is 436 g/mol. The van der Waals surface area contributed by atoms with Gasteiger partial charge in [-0.25, -0.2) is 4.79 Å². The quantitative estimate of drug-likeness (QED) is 0.168. The summed E-state index contributed by atoms with van der Waals surface area (Å²) in [4.78, 5) is 47.6. The number of hydrogen-bond acceptors (Lipinski definition) is 7. The Bertz CT molecular complexity index is 846. The Morgan fingerprint density at radius 2 is 1.83 bits per heavy atom. The first-order valence-electron chi connectivity index (χ1n) is 9.68. The Morgan fingerprint density at radius 3 is 2.30 bits per heavy atom. The minimum Gasteiger partial charge on any atom is -0.454 e. The molecule has 1 aliphatic rings. The molecule has 30 heavy (non-hydrogen) atoms. The number of ether oxygens (including phenoxy) is 1. The molecule has 1 aromatic rings. The van der Waals surface area contributed by atoms with E-state index in [2.05, 4.69) is 33.9 Å². The van der Waals surface area contributed by atoms with E-state index in [1.165, 1.54) is 24.3 Å². The summed E-state index contributed by atoms with van der Waals surface area (Å²) >= 11 is 0. The van der Waals surface area contributed by atoms with Crippen molar-refractivity contribution in [1.82, 2.24) is 4.90 Å². The number of rotatable bonds is 6. The summed E-state index contributed by atoms with van der Waals surface area (Å²) in [6.45, 7) is 12.2. The first kappa shape index (κ1) is 23.7. The molecule has 1 saturated heterocycles. The lowest BCUT2D eigenvalue weighted by molar-refractivity contribution is -0.384. The SMILES string of the molecule is CC(O[Si](C)(C)C(C)(C)C)C1CN(C(=O)C(=O)OCc2ccc([N+](=O)[O-])cc2)C1=O. The van der Waals surface area contributed by atoms with Gasteiger partial charge in [0.2, 0.25) is 5.91 Å². The van der Waals surface area contributed by atoms with Crippen LogP contribution in [0.3, 0.4) is 0 Å². The molecule has 2 amide bonds. The minimum absolute atomic E-state index is 0.00870. The molecule has 1 heterocycles. The van der Waals surface area contributed by atoms with Crippen LogP contribution < -0.4 is 0 Å². The summed E-state index contributed by atoms with van der Waals surface area (Å²) in [6, 6.07) is 5.41. The van der Waals surface area contributed by atoms with E-state index in [0.29, 0.717) is 5.56 Å². The minimum atomic E-state index is -2.06. The number of imide groups is 1. The first-order valence-corrected chi connectivity index (χ1v) is 12.6. The third-order valence-corrected chi connectivity index (χ3v) is 10.3. The number of non-ortho nitro benzene ring substituents is 1. The van der Waals surface area contributed by atoms with Crippen LogP contribution in [0.4, 0.5) is 5.69 Å². The molecule has 10 heteroatoms. The van der Waals surface area contributed by atoms with E-state index in [4.69, 9.17) is 9.16 Å². The lowest BCUT2D eigenvalue weighted by Crippen LogP contribution is -2.62. The third kappa shape index (κ3) is 5.11. The molecule has 1 aromatic carbocycles. The zero-order valence-electron chi connectivity index (χ0n) is 18.1. The molecule has 0 aliphatic carbocycles. The van der Waals surface area contributed by atoms with Crippen LogP contribution in [-0.2, 0) is 30.2 Å². The Labute approximate surface area is 176 Å². The van der Waals surface area contributed by atoms with Crippen molar-refractivity contribution >= 4 is 31.8 Å². The van der Waals surface area contributed by atoms with E-state index in [-0.39, 0.29) is 30.0 Å². The van der Waals surface area contributed by atoms with Gasteiger partial charge in [-0.1, -0.05) is 20.8 Å². The predicted octanol–water partition coefficient (Wildman–Crippen LogP) is 3.03. The molecule has 0 saturated carbocycles. The maximum atomic E-state index is 12.4. The van der Waals surface area contributed by atoms with Crippen molar-refractivity contribution in [2.45, 2.75) is 58.5 Å². The molecule has 0 bridgehead atoms. The van der Waals surface area contributed by atoms with Crippen LogP contribution >= 0.6 is 0 Å². The second kappa shape index (κ2) is 8.64. The Balaban J connectivity index is 1.87. The lowest BCUT2D eigenvalue weighted by atomic mass is 9.93. The van der Waals surface area contributed by atoms with Crippen molar-refractivity contribution < 1.29 is 28.5 Å². The normalized spacial score (nSPS) is 17.9. The topological polar surface area (TPSA) is 116 Å². The van der Waals surface area contributed by atoms with Gasteiger partial charge in [0, 0.05) is 18.7 Å². The summed E-state index contributed by atoms with van der Waals surface area (Å²) < 4.78 is 11.2. The van der Waals surface area contributed by atoms with Gasteiger partial charge in [-0.3, -0.25) is 24.6 Å². The van der Waals surface area contributed by atoms with Gasteiger partial charge in [0.05, 0.1) is 16.9 Å². The molecule has 0 aromatic heterocycles. The number of amides is 2. The predicted molar refractivity (Wildman–Crippen MR) is 111 cm³/mol. The zero-order chi connectivity index (χ0) is 22.9. The molecule has 164 valence electrons. The van der Waals surface area contributed by atoms with E-state index in [1.807, 2.05) is 6.92 Å². The van der Waals surface area contributed by atoms with Gasteiger partial charge in [-0.15, -0.1) is 0 Å². The molecule has 9 nitrogen and oxygen atoms in total. The number of β-lactam (4-membered cyclic amide) rings is 1. The highest BCUT2D eigenvalue weighted by Crippen LogP contribution is 2.39. The van der Waals surface area contributed by atoms with Crippen LogP contribution in [0.5, 0.6) is 0 Å². The molecule has 2 rings (SSSR count). The summed E-state index contributed by atoms with van der Waals surface area (Å²) in [5.74, 6) is -3.07. The molecule has 2 atom stereocenters. The highest BCUT2D eigenvalue weighted by Gasteiger charge is 2.49. The zero-order valence-corrected chi connectivity index (χ0v) is 19.1. The molecule has 1 aliphatic heterocycles. The maximum Gasteiger partial charge on any atom is 0.397 e. The highest BCUT2D eigenvalue weighted by atomic mass is 28.4. The molecule has 0 spiro atoms. The van der Waals surface area contributed by atoms with Gasteiger partial charge in [0.15, 0.2) is 8.32 Å². The second-order valence-corrected chi connectivity index (χ2v) is 13.7. The fourth-order valence-electron chi connectivity index (χ4n) is 2.74. The van der Waals surface area contributed by atoms with Crippen molar-refractivity contribution in [2.24, 2.45) is 5.92 Å². The fraction of sp³-hybridized carbons (Fsp3) is 0.550. The number of carbonyl (C=O) groups excluding carboxylic acids is 3. The van der Waals surface area contributed by atoms with E-state index >= 15 is 0 Å². The van der Waals surface area contributed by atoms with Gasteiger partial charge >= 0.3 is 11.9 Å². The highest BCUT2D eigenvalue weighted by molar-refractivity contribution is 6.74. The van der Waals surface area contributed by atoms with E-state index in [1.54, 1.807) is 0 Å². The van der Waals surface area contributed by atoms with Crippen molar-refractivity contribution in [3.8, 4) is 0 Å². The number of nitro groups is 1. The van der Waals surface area contributed by atoms with Gasteiger partial charge < -0.3 is 9.16 Å². The number of carbonyl (C=O) groups is 3. The fourth-order valence-corrected chi connectivity index (χ4v) is 4.19. The van der Waals surface area contributed by atoms with Gasteiger partial charge in [0.25, 0.3) is 5.69 Å². The number of nitrogens with zero attached hydrogens (tertiary/aromatic N) is 2. The standard InChI is InChI=1S/C20H28N2O7Si/c1-13(29-30(5,6)20(2,3)4)16-11-21(17(16)23)18(24)19(25)28-12-14-7-9-15(10-8-14)22(26)27/h7-10,13,16H,11-12H2,1-6H3. The number of hydrogen-bond donors (Lipinski definition) is 0. The third-order valence-electron chi connectivity index (χ3n) is 5.75. The van der Waals surface area contributed by atoms with Gasteiger partial charge in [-0.05, 0) is 42.8 Å². The molecule has 1 fully saturated rings. The van der Waals surface area contributed by atoms with Crippen molar-refractivity contribution in [1.29, 1.82) is 0 Å². The average molecular weight is 437 g/mol. The van der Waals surface area contributed by atoms with Gasteiger partial charge in [-0.2, -0.15) is 0 Å². The molecule has 2 unspecified atom stereocenters. The number of esters is 1. The Hall–Kier alpha value is -2.59. The van der Waals surface area contributed by atoms with Crippen LogP contribution in [0.25, 0.3) is 0 Å². The van der Waals surface area contributed by atoms with Crippen molar-refractivity contribution in [3.63, 3.8) is 0 Å². The maximum absolute atomic E-state index is 12.4. The van der Waals surface area contributed by atoms with Crippen LogP contribution in [0.1, 0.15) is 33.3 Å². The number of likely N-dealkylation sites (tertiary alicyclic amines) is 1. The number of nitro benzene ring substituents is 1. The van der Waals surface area contributed by atoms with Crippen LogP contribution in [0, 0.1) is 16.0 Å². The Kier molecular flexibility index (Phi) is 6.82. The summed E-state index contributed by atoms with van der Waals surface area (Å²) in [5.41, 5.74) is 0.401. The van der Waals surface area contributed by atoms with Gasteiger partial charge in [0.1, 0.15) is 6.61 Å². The van der Waals surface area contributed by atoms with Crippen LogP contribution in [0.15, 0.2) is 24.3 Å². The first-order chi connectivity index (χ1) is 13.7. The van der Waals surface area contributed by atoms with Crippen molar-refractivity contribution in [2.75, 3.05) is 6.54 Å². The Morgan fingerprint density at radius 1 is 1.27 bits per heavy atom. The summed E-state index contributed by atoms with van der Waals surface area (Å²) in [6.07, 6.45) is -0.349. The van der Waals surface area contributed by atoms with Crippen LogP contribution in [0.2, 0.25) is 18.1 Å². The average Bonchev–Trinajstić information content (AvgIpc) is 2.63. The number of benzene rings is 1. The van der Waals surface area contributed by atoms with Crippen molar-refractivity contribution in [3.05, 3.63) is 39.9 Å². The smallest absolute Gasteiger partial charge is 0.397 e. The lowest BCUT2D eigenvalue weighted by Gasteiger charge is -2.44. The molecule has 0 N–H and O–H groups in total. The largest absolute Gasteiger partial charge is 0.454 e. The molecule has 0 radical (unpaired) electrons.